The number of ether oxygens (including phenoxy) is 1. The van der Waals surface area contributed by atoms with E-state index < -0.39 is 37.1 Å². The summed E-state index contributed by atoms with van der Waals surface area (Å²) in [7, 11) is -4.83. The molecule has 71 heavy (non-hydrogen) atoms. The van der Waals surface area contributed by atoms with Gasteiger partial charge in [-0.05, 0) is 105 Å². The molecular formula is C52H59FN10O7S. The van der Waals surface area contributed by atoms with Gasteiger partial charge >= 0.3 is 0 Å². The highest BCUT2D eigenvalue weighted by molar-refractivity contribution is 7.90. The van der Waals surface area contributed by atoms with E-state index in [-0.39, 0.29) is 64.7 Å². The van der Waals surface area contributed by atoms with Gasteiger partial charge in [0.15, 0.2) is 0 Å². The van der Waals surface area contributed by atoms with Gasteiger partial charge in [0.05, 0.1) is 28.5 Å². The van der Waals surface area contributed by atoms with Crippen molar-refractivity contribution in [2.75, 3.05) is 49.5 Å². The number of carbonyl (C=O) groups is 2. The van der Waals surface area contributed by atoms with Crippen LogP contribution in [0.2, 0.25) is 0 Å². The molecule has 0 unspecified atom stereocenters. The SMILES string of the molecule is CC(C)c1ccccc1[C@@H]1CCCN1C1CC2(CCN(c3ccc(C(=O)NS(=O)(=O)c4cc([N+](=O)[O-])c(NCC5(F)CCN(C6CC(=O)C6)CC5)c5[nH]cnc45)c(Oc4cnc5[nH]ccc5c4)c3)CC2)C1. The molecule has 6 aromatic rings. The minimum absolute atomic E-state index is 0.0320. The molecule has 2 saturated carbocycles. The summed E-state index contributed by atoms with van der Waals surface area (Å²) < 4.78 is 53.2. The molecule has 6 heterocycles. The van der Waals surface area contributed by atoms with Crippen molar-refractivity contribution < 1.29 is 32.1 Å². The number of nitrogens with zero attached hydrogens (tertiary/aromatic N) is 6. The molecule has 3 aromatic heterocycles. The third-order valence-corrected chi connectivity index (χ3v) is 17.5. The number of nitro benzene ring substituents is 1. The summed E-state index contributed by atoms with van der Waals surface area (Å²) in [6.07, 6.45) is 12.5. The van der Waals surface area contributed by atoms with Crippen LogP contribution in [0.15, 0.2) is 84.3 Å². The number of fused-ring (bicyclic) bond motifs is 2. The predicted molar refractivity (Wildman–Crippen MR) is 267 cm³/mol. The molecule has 11 rings (SSSR count). The Hall–Kier alpha value is -6.44. The lowest BCUT2D eigenvalue weighted by molar-refractivity contribution is -0.384. The van der Waals surface area contributed by atoms with Gasteiger partial charge in [-0.3, -0.25) is 29.5 Å². The van der Waals surface area contributed by atoms with Crippen molar-refractivity contribution in [2.45, 2.75) is 113 Å². The van der Waals surface area contributed by atoms with Crippen LogP contribution in [0.3, 0.4) is 0 Å². The lowest BCUT2D eigenvalue weighted by Crippen LogP contribution is -2.54. The minimum atomic E-state index is -4.83. The Labute approximate surface area is 411 Å². The van der Waals surface area contributed by atoms with Crippen LogP contribution >= 0.6 is 0 Å². The van der Waals surface area contributed by atoms with Crippen LogP contribution in [0.25, 0.3) is 22.1 Å². The first-order valence-electron chi connectivity index (χ1n) is 24.9. The molecular weight excluding hydrogens is 928 g/mol. The quantitative estimate of drug-likeness (QED) is 0.0594. The van der Waals surface area contributed by atoms with E-state index in [4.69, 9.17) is 4.74 Å². The number of aromatic nitrogens is 4. The number of imidazole rings is 1. The van der Waals surface area contributed by atoms with Gasteiger partial charge in [-0.1, -0.05) is 38.1 Å². The highest BCUT2D eigenvalue weighted by atomic mass is 32.2. The second-order valence-electron chi connectivity index (χ2n) is 20.8. The Morgan fingerprint density at radius 1 is 0.972 bits per heavy atom. The molecule has 2 aliphatic carbocycles. The number of aromatic amines is 2. The van der Waals surface area contributed by atoms with E-state index in [0.29, 0.717) is 55.3 Å². The Bertz CT molecular complexity index is 3140. The number of halogens is 1. The molecule has 17 nitrogen and oxygen atoms in total. The van der Waals surface area contributed by atoms with Crippen LogP contribution in [-0.4, -0.2) is 112 Å². The highest BCUT2D eigenvalue weighted by Gasteiger charge is 2.50. The molecule has 5 aliphatic rings. The fraction of sp³-hybridized carbons (Fsp3) is 0.462. The number of likely N-dealkylation sites (tertiary alicyclic amines) is 2. The molecule has 3 aliphatic heterocycles. The molecule has 372 valence electrons. The fourth-order valence-electron chi connectivity index (χ4n) is 12.1. The Morgan fingerprint density at radius 3 is 2.49 bits per heavy atom. The molecule has 5 fully saturated rings. The van der Waals surface area contributed by atoms with Crippen LogP contribution < -0.4 is 19.7 Å². The van der Waals surface area contributed by atoms with Crippen LogP contribution in [0.5, 0.6) is 11.5 Å². The number of H-pyrrole nitrogens is 2. The van der Waals surface area contributed by atoms with Crippen molar-refractivity contribution >= 4 is 60.8 Å². The van der Waals surface area contributed by atoms with Crippen molar-refractivity contribution in [1.82, 2.24) is 34.5 Å². The van der Waals surface area contributed by atoms with Crippen molar-refractivity contribution in [2.24, 2.45) is 5.41 Å². The number of ketones is 1. The van der Waals surface area contributed by atoms with Gasteiger partial charge in [0.2, 0.25) is 0 Å². The maximum Gasteiger partial charge on any atom is 0.296 e. The second kappa shape index (κ2) is 18.3. The first-order chi connectivity index (χ1) is 34.1. The van der Waals surface area contributed by atoms with E-state index in [9.17, 15) is 28.1 Å². The van der Waals surface area contributed by atoms with Crippen molar-refractivity contribution in [1.29, 1.82) is 0 Å². The number of anilines is 2. The number of rotatable bonds is 14. The summed E-state index contributed by atoms with van der Waals surface area (Å²) in [4.78, 5) is 58.7. The maximum atomic E-state index is 16.2. The van der Waals surface area contributed by atoms with E-state index in [2.05, 4.69) is 82.8 Å². The summed E-state index contributed by atoms with van der Waals surface area (Å²) in [5.74, 6) is 0.0702. The molecule has 3 aromatic carbocycles. The number of hydrogen-bond acceptors (Lipinski definition) is 13. The lowest BCUT2D eigenvalue weighted by atomic mass is 9.59. The lowest BCUT2D eigenvalue weighted by Gasteiger charge is -2.56. The zero-order chi connectivity index (χ0) is 49.2. The summed E-state index contributed by atoms with van der Waals surface area (Å²) in [5.41, 5.74) is 1.89. The number of nitro groups is 1. The summed E-state index contributed by atoms with van der Waals surface area (Å²) >= 11 is 0. The zero-order valence-corrected chi connectivity index (χ0v) is 40.8. The number of hydrogen-bond donors (Lipinski definition) is 4. The van der Waals surface area contributed by atoms with Crippen molar-refractivity contribution in [3.05, 3.63) is 106 Å². The number of alkyl halides is 1. The third kappa shape index (κ3) is 9.00. The van der Waals surface area contributed by atoms with Gasteiger partial charge in [0.1, 0.15) is 44.7 Å². The second-order valence-corrected chi connectivity index (χ2v) is 22.5. The first-order valence-corrected chi connectivity index (χ1v) is 26.4. The Morgan fingerprint density at radius 2 is 1.75 bits per heavy atom. The van der Waals surface area contributed by atoms with Gasteiger partial charge in [-0.25, -0.2) is 27.5 Å². The number of piperidine rings is 2. The predicted octanol–water partition coefficient (Wildman–Crippen LogP) is 8.92. The molecule has 0 bridgehead atoms. The van der Waals surface area contributed by atoms with Crippen molar-refractivity contribution in [3.8, 4) is 11.5 Å². The number of carbonyl (C=O) groups excluding carboxylic acids is 2. The summed E-state index contributed by atoms with van der Waals surface area (Å²) in [6, 6.07) is 19.6. The van der Waals surface area contributed by atoms with E-state index in [1.807, 2.05) is 6.07 Å². The number of sulfonamides is 1. The van der Waals surface area contributed by atoms with Crippen LogP contribution in [-0.2, 0) is 14.8 Å². The molecule has 19 heteroatoms. The number of Topliss-reactive ketones (excluding diaryl/α,β-unsaturated/α-hetero) is 1. The third-order valence-electron chi connectivity index (χ3n) is 16.2. The van der Waals surface area contributed by atoms with Crippen LogP contribution in [0, 0.1) is 15.5 Å². The number of nitrogens with one attached hydrogen (secondary N) is 4. The largest absolute Gasteiger partial charge is 0.455 e. The highest BCUT2D eigenvalue weighted by Crippen LogP contribution is 2.54. The monoisotopic (exact) mass is 986 g/mol. The smallest absolute Gasteiger partial charge is 0.296 e. The van der Waals surface area contributed by atoms with Crippen LogP contribution in [0.1, 0.15) is 112 Å². The van der Waals surface area contributed by atoms with Gasteiger partial charge in [0.25, 0.3) is 21.6 Å². The average Bonchev–Trinajstić information content (AvgIpc) is 4.14. The standard InChI is InChI=1S/C52H59FN10O7S/c1-32(2)39-6-3-4-7-40(39)42-8-5-17-62(42)36-27-51(28-36)12-18-60(19-13-51)34-9-10-41(44(25-34)70-38-22-33-11-16-54-49(33)55-29-38)50(65)59-71(68,69)45-26-43(63(66)67)46(48-47(45)57-31-58-48)56-30-52(53)14-20-61(21-15-52)35-23-37(64)24-35/h3-4,6-7,9-11,16,22,25-26,29,31-32,35-36,42,56H,5,8,12-15,17-21,23-24,27-28,30H2,1-2H3,(H,54,55)(H,57,58)(H,59,65)/t42-/m0/s1. The van der Waals surface area contributed by atoms with E-state index >= 15 is 4.39 Å². The molecule has 0 radical (unpaired) electrons. The maximum absolute atomic E-state index is 16.2. The van der Waals surface area contributed by atoms with Crippen LogP contribution in [0.4, 0.5) is 21.5 Å². The number of benzene rings is 3. The zero-order valence-electron chi connectivity index (χ0n) is 40.0. The van der Waals surface area contributed by atoms with Gasteiger partial charge in [-0.2, -0.15) is 0 Å². The summed E-state index contributed by atoms with van der Waals surface area (Å²) in [5, 5.41) is 16.2. The van der Waals surface area contributed by atoms with Gasteiger partial charge < -0.3 is 24.9 Å². The molecule has 3 saturated heterocycles. The number of amides is 1. The molecule has 4 N–H and O–H groups in total. The topological polar surface area (TPSA) is 212 Å². The van der Waals surface area contributed by atoms with E-state index in [1.165, 1.54) is 55.4 Å². The molecule has 1 atom stereocenters. The van der Waals surface area contributed by atoms with E-state index in [0.717, 1.165) is 49.6 Å². The Kier molecular flexibility index (Phi) is 12.1. The fourth-order valence-corrected chi connectivity index (χ4v) is 13.2. The average molecular weight is 987 g/mol. The Balaban J connectivity index is 0.806. The van der Waals surface area contributed by atoms with E-state index in [1.54, 1.807) is 24.4 Å². The van der Waals surface area contributed by atoms with Gasteiger partial charge in [-0.15, -0.1) is 0 Å². The van der Waals surface area contributed by atoms with Crippen molar-refractivity contribution in [3.63, 3.8) is 0 Å². The summed E-state index contributed by atoms with van der Waals surface area (Å²) in [6.45, 7) is 7.91. The number of pyridine rings is 1. The molecule has 1 amide bonds. The van der Waals surface area contributed by atoms with Gasteiger partial charge in [0, 0.05) is 93.1 Å². The molecule has 1 spiro atoms. The first kappa shape index (κ1) is 46.9. The normalized spacial score (nSPS) is 20.9. The minimum Gasteiger partial charge on any atom is -0.455 e.